The molecule has 2 amide bonds. The number of ether oxygens (including phenoxy) is 1. The topological polar surface area (TPSA) is 119 Å². The zero-order chi connectivity index (χ0) is 14.9. The van der Waals surface area contributed by atoms with E-state index in [0.717, 1.165) is 6.07 Å². The highest BCUT2D eigenvalue weighted by Gasteiger charge is 2.26. The molecule has 1 saturated heterocycles. The van der Waals surface area contributed by atoms with E-state index < -0.39 is 27.5 Å². The molecule has 9 heteroatoms. The number of carbonyl (C=O) groups is 2. The number of nitrogens with one attached hydrogen (secondary N) is 1. The van der Waals surface area contributed by atoms with Crippen LogP contribution in [0.2, 0.25) is 0 Å². The fraction of sp³-hybridized carbons (Fsp3) is 0.0909. The van der Waals surface area contributed by atoms with Crippen molar-refractivity contribution in [2.45, 2.75) is 0 Å². The van der Waals surface area contributed by atoms with E-state index in [-0.39, 0.29) is 16.2 Å². The number of benzene rings is 1. The van der Waals surface area contributed by atoms with Gasteiger partial charge in [0.25, 0.3) is 11.1 Å². The Hall–Kier alpha value is -2.55. The molecule has 0 radical (unpaired) electrons. The van der Waals surface area contributed by atoms with Gasteiger partial charge in [-0.3, -0.25) is 25.0 Å². The second-order valence-electron chi connectivity index (χ2n) is 3.70. The molecule has 2 N–H and O–H groups in total. The number of amides is 2. The normalized spacial score (nSPS) is 16.4. The van der Waals surface area contributed by atoms with Gasteiger partial charge in [0, 0.05) is 6.07 Å². The Kier molecular flexibility index (Phi) is 3.61. The lowest BCUT2D eigenvalue weighted by Crippen LogP contribution is -2.17. The maximum atomic E-state index is 11.4. The third kappa shape index (κ3) is 2.57. The molecule has 1 aromatic carbocycles. The summed E-state index contributed by atoms with van der Waals surface area (Å²) in [7, 11) is 1.25. The molecular formula is C11H8N2O6S. The average Bonchev–Trinajstić information content (AvgIpc) is 2.69. The van der Waals surface area contributed by atoms with Crippen molar-refractivity contribution in [3.63, 3.8) is 0 Å². The summed E-state index contributed by atoms with van der Waals surface area (Å²) in [4.78, 5) is 32.6. The highest BCUT2D eigenvalue weighted by atomic mass is 32.2. The van der Waals surface area contributed by atoms with E-state index in [1.54, 1.807) is 0 Å². The number of phenols is 1. The van der Waals surface area contributed by atoms with Crippen LogP contribution in [-0.4, -0.2) is 28.3 Å². The van der Waals surface area contributed by atoms with Crippen molar-refractivity contribution in [3.05, 3.63) is 32.7 Å². The van der Waals surface area contributed by atoms with Crippen LogP contribution in [0.15, 0.2) is 17.0 Å². The molecule has 8 nitrogen and oxygen atoms in total. The molecule has 0 aromatic heterocycles. The summed E-state index contributed by atoms with van der Waals surface area (Å²) >= 11 is 0.689. The van der Waals surface area contributed by atoms with E-state index in [1.165, 1.54) is 19.3 Å². The number of hydrogen-bond donors (Lipinski definition) is 2. The summed E-state index contributed by atoms with van der Waals surface area (Å²) in [6, 6.07) is 2.41. The number of imide groups is 1. The number of aromatic hydroxyl groups is 1. The molecule has 0 atom stereocenters. The maximum Gasteiger partial charge on any atom is 0.315 e. The van der Waals surface area contributed by atoms with Crippen LogP contribution in [0.3, 0.4) is 0 Å². The first-order valence-electron chi connectivity index (χ1n) is 5.22. The fourth-order valence-corrected chi connectivity index (χ4v) is 2.25. The number of rotatable bonds is 3. The minimum atomic E-state index is -0.771. The number of thioether (sulfide) groups is 1. The largest absolute Gasteiger partial charge is 0.500 e. The van der Waals surface area contributed by atoms with Crippen LogP contribution in [0.25, 0.3) is 6.08 Å². The standard InChI is InChI=1S/C11H8N2O6S/c1-19-7-3-5(2-6(9(7)14)13(17)18)4-8-10(15)12-11(16)20-8/h2-4,14H,1H3,(H,12,15,16)/b8-4-. The number of hydrogen-bond acceptors (Lipinski definition) is 7. The molecule has 2 rings (SSSR count). The summed E-state index contributed by atoms with van der Waals surface area (Å²) in [6.07, 6.45) is 1.31. The van der Waals surface area contributed by atoms with Crippen LogP contribution in [0.1, 0.15) is 5.56 Å². The molecular weight excluding hydrogens is 288 g/mol. The summed E-state index contributed by atoms with van der Waals surface area (Å²) in [6.45, 7) is 0. The molecule has 0 spiro atoms. The highest BCUT2D eigenvalue weighted by molar-refractivity contribution is 8.18. The molecule has 1 aromatic rings. The van der Waals surface area contributed by atoms with Crippen LogP contribution in [0, 0.1) is 10.1 Å². The van der Waals surface area contributed by atoms with Crippen molar-refractivity contribution in [1.29, 1.82) is 0 Å². The van der Waals surface area contributed by atoms with Gasteiger partial charge in [-0.1, -0.05) is 0 Å². The molecule has 0 aliphatic carbocycles. The van der Waals surface area contributed by atoms with Gasteiger partial charge in [-0.2, -0.15) is 0 Å². The molecule has 1 fully saturated rings. The number of phenolic OH excluding ortho intramolecular Hbond substituents is 1. The summed E-state index contributed by atoms with van der Waals surface area (Å²) in [5.74, 6) is -1.27. The number of methoxy groups -OCH3 is 1. The summed E-state index contributed by atoms with van der Waals surface area (Å²) in [5.41, 5.74) is -0.287. The van der Waals surface area contributed by atoms with Crippen molar-refractivity contribution >= 4 is 34.7 Å². The Morgan fingerprint density at radius 1 is 1.45 bits per heavy atom. The van der Waals surface area contributed by atoms with Gasteiger partial charge in [-0.15, -0.1) is 0 Å². The SMILES string of the molecule is COc1cc(/C=C2\SC(=O)NC2=O)cc([N+](=O)[O-])c1O. The zero-order valence-electron chi connectivity index (χ0n) is 10.1. The van der Waals surface area contributed by atoms with Gasteiger partial charge < -0.3 is 9.84 Å². The van der Waals surface area contributed by atoms with Gasteiger partial charge in [0.2, 0.25) is 5.75 Å². The van der Waals surface area contributed by atoms with Crippen molar-refractivity contribution in [2.24, 2.45) is 0 Å². The Morgan fingerprint density at radius 3 is 2.65 bits per heavy atom. The first-order chi connectivity index (χ1) is 9.42. The minimum absolute atomic E-state index is 0.0965. The Bertz CT molecular complexity index is 655. The van der Waals surface area contributed by atoms with Gasteiger partial charge in [-0.25, -0.2) is 0 Å². The number of carbonyl (C=O) groups excluding carboxylic acids is 2. The molecule has 0 bridgehead atoms. The van der Waals surface area contributed by atoms with Gasteiger partial charge in [0.15, 0.2) is 5.75 Å². The lowest BCUT2D eigenvalue weighted by molar-refractivity contribution is -0.386. The second kappa shape index (κ2) is 5.21. The third-order valence-corrected chi connectivity index (χ3v) is 3.24. The molecule has 20 heavy (non-hydrogen) atoms. The van der Waals surface area contributed by atoms with Crippen LogP contribution in [0.5, 0.6) is 11.5 Å². The van der Waals surface area contributed by atoms with Crippen LogP contribution < -0.4 is 10.1 Å². The summed E-state index contributed by atoms with van der Waals surface area (Å²) < 4.78 is 4.83. The number of nitrogens with zero attached hydrogens (tertiary/aromatic N) is 1. The molecule has 104 valence electrons. The Morgan fingerprint density at radius 2 is 2.15 bits per heavy atom. The molecule has 0 saturated carbocycles. The second-order valence-corrected chi connectivity index (χ2v) is 4.71. The van der Waals surface area contributed by atoms with Gasteiger partial charge >= 0.3 is 5.69 Å². The van der Waals surface area contributed by atoms with E-state index in [2.05, 4.69) is 5.32 Å². The molecule has 1 aliphatic heterocycles. The predicted octanol–water partition coefficient (Wildman–Crippen LogP) is 1.63. The third-order valence-electron chi connectivity index (χ3n) is 2.43. The lowest BCUT2D eigenvalue weighted by atomic mass is 10.1. The molecule has 0 unspecified atom stereocenters. The minimum Gasteiger partial charge on any atom is -0.500 e. The quantitative estimate of drug-likeness (QED) is 0.494. The van der Waals surface area contributed by atoms with E-state index in [9.17, 15) is 24.8 Å². The predicted molar refractivity (Wildman–Crippen MR) is 70.4 cm³/mol. The first-order valence-corrected chi connectivity index (χ1v) is 6.04. The first kappa shape index (κ1) is 13.9. The lowest BCUT2D eigenvalue weighted by Gasteiger charge is -2.05. The fourth-order valence-electron chi connectivity index (χ4n) is 1.56. The monoisotopic (exact) mass is 296 g/mol. The molecule has 1 aliphatic rings. The van der Waals surface area contributed by atoms with Gasteiger partial charge in [0.05, 0.1) is 16.9 Å². The van der Waals surface area contributed by atoms with Crippen LogP contribution in [-0.2, 0) is 4.79 Å². The van der Waals surface area contributed by atoms with E-state index in [1.807, 2.05) is 0 Å². The maximum absolute atomic E-state index is 11.4. The number of nitro benzene ring substituents is 1. The Labute approximate surface area is 116 Å². The Balaban J connectivity index is 2.50. The summed E-state index contributed by atoms with van der Waals surface area (Å²) in [5, 5.41) is 22.0. The van der Waals surface area contributed by atoms with Crippen LogP contribution >= 0.6 is 11.8 Å². The number of nitro groups is 1. The van der Waals surface area contributed by atoms with Gasteiger partial charge in [0.1, 0.15) is 0 Å². The van der Waals surface area contributed by atoms with Crippen molar-refractivity contribution in [1.82, 2.24) is 5.32 Å². The van der Waals surface area contributed by atoms with E-state index in [0.29, 0.717) is 11.8 Å². The van der Waals surface area contributed by atoms with Crippen LogP contribution in [0.4, 0.5) is 10.5 Å². The average molecular weight is 296 g/mol. The van der Waals surface area contributed by atoms with Crippen molar-refractivity contribution < 1.29 is 24.4 Å². The highest BCUT2D eigenvalue weighted by Crippen LogP contribution is 2.38. The van der Waals surface area contributed by atoms with Crippen molar-refractivity contribution in [2.75, 3.05) is 7.11 Å². The molecule has 1 heterocycles. The van der Waals surface area contributed by atoms with E-state index >= 15 is 0 Å². The van der Waals surface area contributed by atoms with Gasteiger partial charge in [-0.05, 0) is 29.5 Å². The van der Waals surface area contributed by atoms with E-state index in [4.69, 9.17) is 4.74 Å². The zero-order valence-corrected chi connectivity index (χ0v) is 10.9. The van der Waals surface area contributed by atoms with Crippen molar-refractivity contribution in [3.8, 4) is 11.5 Å². The smallest absolute Gasteiger partial charge is 0.315 e.